The highest BCUT2D eigenvalue weighted by Crippen LogP contribution is 2.30. The molecular weight excluding hydrogens is 262 g/mol. The molecule has 2 rings (SSSR count). The van der Waals surface area contributed by atoms with Gasteiger partial charge in [0.25, 0.3) is 0 Å². The smallest absolute Gasteiger partial charge is 0.229 e. The van der Waals surface area contributed by atoms with Crippen molar-refractivity contribution in [2.45, 2.75) is 20.8 Å². The third kappa shape index (κ3) is 3.63. The molecule has 0 unspecified atom stereocenters. The van der Waals surface area contributed by atoms with Crippen LogP contribution in [0.2, 0.25) is 0 Å². The Labute approximate surface area is 126 Å². The molecule has 21 heavy (non-hydrogen) atoms. The van der Waals surface area contributed by atoms with E-state index >= 15 is 0 Å². The van der Waals surface area contributed by atoms with E-state index in [2.05, 4.69) is 5.32 Å². The molecule has 0 aromatic heterocycles. The number of benzene rings is 2. The van der Waals surface area contributed by atoms with Crippen LogP contribution < -0.4 is 10.1 Å². The van der Waals surface area contributed by atoms with E-state index in [9.17, 15) is 4.79 Å². The minimum atomic E-state index is -0.424. The number of hydrogen-bond acceptors (Lipinski definition) is 2. The van der Waals surface area contributed by atoms with Gasteiger partial charge in [0.05, 0.1) is 7.11 Å². The molecule has 3 heteroatoms. The SMILES string of the molecule is COc1ccc(-c2ccccc2NC(=O)C(C)(C)C)cc1. The summed E-state index contributed by atoms with van der Waals surface area (Å²) in [6.07, 6.45) is 0. The quantitative estimate of drug-likeness (QED) is 0.909. The van der Waals surface area contributed by atoms with Crippen molar-refractivity contribution in [2.75, 3.05) is 12.4 Å². The zero-order chi connectivity index (χ0) is 15.5. The molecule has 0 saturated carbocycles. The molecule has 0 bridgehead atoms. The van der Waals surface area contributed by atoms with E-state index < -0.39 is 5.41 Å². The molecule has 0 aliphatic heterocycles. The number of carbonyl (C=O) groups is 1. The summed E-state index contributed by atoms with van der Waals surface area (Å²) in [4.78, 5) is 12.2. The number of methoxy groups -OCH3 is 1. The van der Waals surface area contributed by atoms with Crippen LogP contribution in [0.15, 0.2) is 48.5 Å². The van der Waals surface area contributed by atoms with Crippen LogP contribution in [0.5, 0.6) is 5.75 Å². The van der Waals surface area contributed by atoms with Crippen LogP contribution in [-0.2, 0) is 4.79 Å². The molecule has 0 spiro atoms. The molecule has 0 atom stereocenters. The van der Waals surface area contributed by atoms with Crippen LogP contribution in [-0.4, -0.2) is 13.0 Å². The number of hydrogen-bond donors (Lipinski definition) is 1. The highest BCUT2D eigenvalue weighted by atomic mass is 16.5. The first-order valence-corrected chi connectivity index (χ1v) is 6.97. The molecule has 0 radical (unpaired) electrons. The van der Waals surface area contributed by atoms with Gasteiger partial charge in [-0.15, -0.1) is 0 Å². The molecule has 0 fully saturated rings. The van der Waals surface area contributed by atoms with E-state index in [0.29, 0.717) is 0 Å². The first-order chi connectivity index (χ1) is 9.91. The van der Waals surface area contributed by atoms with E-state index in [1.165, 1.54) is 0 Å². The summed E-state index contributed by atoms with van der Waals surface area (Å²) >= 11 is 0. The van der Waals surface area contributed by atoms with E-state index in [0.717, 1.165) is 22.6 Å². The lowest BCUT2D eigenvalue weighted by molar-refractivity contribution is -0.123. The van der Waals surface area contributed by atoms with Gasteiger partial charge < -0.3 is 10.1 Å². The molecule has 3 nitrogen and oxygen atoms in total. The largest absolute Gasteiger partial charge is 0.497 e. The summed E-state index contributed by atoms with van der Waals surface area (Å²) in [6.45, 7) is 5.70. The summed E-state index contributed by atoms with van der Waals surface area (Å²) in [5.74, 6) is 0.818. The molecule has 2 aromatic rings. The zero-order valence-corrected chi connectivity index (χ0v) is 12.9. The van der Waals surface area contributed by atoms with Gasteiger partial charge in [0.2, 0.25) is 5.91 Å². The van der Waals surface area contributed by atoms with Gasteiger partial charge in [-0.05, 0) is 23.8 Å². The third-order valence-corrected chi connectivity index (χ3v) is 3.26. The number of para-hydroxylation sites is 1. The lowest BCUT2D eigenvalue weighted by Crippen LogP contribution is -2.27. The molecule has 110 valence electrons. The highest BCUT2D eigenvalue weighted by molar-refractivity contribution is 5.98. The Bertz CT molecular complexity index is 624. The van der Waals surface area contributed by atoms with Gasteiger partial charge in [-0.25, -0.2) is 0 Å². The average molecular weight is 283 g/mol. The van der Waals surface area contributed by atoms with E-state index in [4.69, 9.17) is 4.74 Å². The molecule has 2 aromatic carbocycles. The predicted molar refractivity (Wildman–Crippen MR) is 86.5 cm³/mol. The van der Waals surface area contributed by atoms with Gasteiger partial charge in [-0.2, -0.15) is 0 Å². The molecule has 0 saturated heterocycles. The van der Waals surface area contributed by atoms with Gasteiger partial charge in [0.1, 0.15) is 5.75 Å². The van der Waals surface area contributed by atoms with Crippen molar-refractivity contribution >= 4 is 11.6 Å². The topological polar surface area (TPSA) is 38.3 Å². The van der Waals surface area contributed by atoms with Crippen LogP contribution >= 0.6 is 0 Å². The predicted octanol–water partition coefficient (Wildman–Crippen LogP) is 4.35. The number of nitrogens with one attached hydrogen (secondary N) is 1. The van der Waals surface area contributed by atoms with Crippen molar-refractivity contribution in [1.29, 1.82) is 0 Å². The Balaban J connectivity index is 2.34. The van der Waals surface area contributed by atoms with Crippen molar-refractivity contribution in [3.05, 3.63) is 48.5 Å². The number of ether oxygens (including phenoxy) is 1. The van der Waals surface area contributed by atoms with Crippen molar-refractivity contribution in [3.63, 3.8) is 0 Å². The summed E-state index contributed by atoms with van der Waals surface area (Å²) in [5.41, 5.74) is 2.44. The number of rotatable bonds is 3. The van der Waals surface area contributed by atoms with Gasteiger partial charge in [0.15, 0.2) is 0 Å². The van der Waals surface area contributed by atoms with Crippen LogP contribution in [0, 0.1) is 5.41 Å². The van der Waals surface area contributed by atoms with Crippen molar-refractivity contribution < 1.29 is 9.53 Å². The monoisotopic (exact) mass is 283 g/mol. The summed E-state index contributed by atoms with van der Waals surface area (Å²) in [5, 5.41) is 3.01. The summed E-state index contributed by atoms with van der Waals surface area (Å²) in [7, 11) is 1.65. The third-order valence-electron chi connectivity index (χ3n) is 3.26. The van der Waals surface area contributed by atoms with Crippen LogP contribution in [0.4, 0.5) is 5.69 Å². The van der Waals surface area contributed by atoms with Crippen molar-refractivity contribution in [2.24, 2.45) is 5.41 Å². The Morgan fingerprint density at radius 2 is 1.62 bits per heavy atom. The Kier molecular flexibility index (Phi) is 4.32. The van der Waals surface area contributed by atoms with E-state index in [1.807, 2.05) is 69.3 Å². The summed E-state index contributed by atoms with van der Waals surface area (Å²) < 4.78 is 5.17. The molecule has 0 aliphatic rings. The Hall–Kier alpha value is -2.29. The highest BCUT2D eigenvalue weighted by Gasteiger charge is 2.22. The fraction of sp³-hybridized carbons (Fsp3) is 0.278. The summed E-state index contributed by atoms with van der Waals surface area (Å²) in [6, 6.07) is 15.6. The van der Waals surface area contributed by atoms with Crippen LogP contribution in [0.25, 0.3) is 11.1 Å². The first-order valence-electron chi connectivity index (χ1n) is 6.97. The lowest BCUT2D eigenvalue weighted by atomic mass is 9.95. The fourth-order valence-corrected chi connectivity index (χ4v) is 1.92. The van der Waals surface area contributed by atoms with Crippen LogP contribution in [0.3, 0.4) is 0 Å². The Morgan fingerprint density at radius 1 is 1.00 bits per heavy atom. The maximum absolute atomic E-state index is 12.2. The molecular formula is C18H21NO2. The van der Waals surface area contributed by atoms with Gasteiger partial charge in [-0.3, -0.25) is 4.79 Å². The second-order valence-electron chi connectivity index (χ2n) is 5.98. The second kappa shape index (κ2) is 6.00. The zero-order valence-electron chi connectivity index (χ0n) is 12.9. The Morgan fingerprint density at radius 3 is 2.19 bits per heavy atom. The minimum Gasteiger partial charge on any atom is -0.497 e. The molecule has 0 heterocycles. The van der Waals surface area contributed by atoms with E-state index in [1.54, 1.807) is 7.11 Å². The van der Waals surface area contributed by atoms with Gasteiger partial charge >= 0.3 is 0 Å². The molecule has 1 amide bonds. The van der Waals surface area contributed by atoms with Crippen LogP contribution in [0.1, 0.15) is 20.8 Å². The maximum Gasteiger partial charge on any atom is 0.229 e. The molecule has 1 N–H and O–H groups in total. The second-order valence-corrected chi connectivity index (χ2v) is 5.98. The number of carbonyl (C=O) groups excluding carboxylic acids is 1. The average Bonchev–Trinajstić information content (AvgIpc) is 2.47. The van der Waals surface area contributed by atoms with Crippen molar-refractivity contribution in [1.82, 2.24) is 0 Å². The fourth-order valence-electron chi connectivity index (χ4n) is 1.92. The molecule has 0 aliphatic carbocycles. The van der Waals surface area contributed by atoms with Gasteiger partial charge in [0, 0.05) is 16.7 Å². The van der Waals surface area contributed by atoms with Gasteiger partial charge in [-0.1, -0.05) is 51.1 Å². The van der Waals surface area contributed by atoms with Crippen molar-refractivity contribution in [3.8, 4) is 16.9 Å². The van der Waals surface area contributed by atoms with E-state index in [-0.39, 0.29) is 5.91 Å². The number of amides is 1. The number of anilines is 1. The first kappa shape index (κ1) is 15.1. The standard InChI is InChI=1S/C18H21NO2/c1-18(2,3)17(20)19-16-8-6-5-7-15(16)13-9-11-14(21-4)12-10-13/h5-12H,1-4H3,(H,19,20). The normalized spacial score (nSPS) is 11.0. The maximum atomic E-state index is 12.2. The minimum absolute atomic E-state index is 0.00321. The lowest BCUT2D eigenvalue weighted by Gasteiger charge is -2.19.